The molecule has 2 aromatic carbocycles. The number of nitrogens with one attached hydrogen (secondary N) is 1. The number of carbonyl (C=O) groups is 1. The largest absolute Gasteiger partial charge is 0.465 e. The Kier molecular flexibility index (Phi) is 5.89. The Morgan fingerprint density at radius 3 is 2.52 bits per heavy atom. The minimum absolute atomic E-state index is 0.433. The molecule has 4 aromatic rings. The summed E-state index contributed by atoms with van der Waals surface area (Å²) in [6.07, 6.45) is 5.69. The van der Waals surface area contributed by atoms with Gasteiger partial charge < -0.3 is 10.4 Å². The van der Waals surface area contributed by atoms with Crippen LogP contribution in [0.5, 0.6) is 0 Å². The summed E-state index contributed by atoms with van der Waals surface area (Å²) in [5.41, 5.74) is 5.11. The highest BCUT2D eigenvalue weighted by molar-refractivity contribution is 5.85. The molecule has 0 aliphatic carbocycles. The quantitative estimate of drug-likeness (QED) is 0.426. The molecule has 6 heteroatoms. The summed E-state index contributed by atoms with van der Waals surface area (Å²) in [6, 6.07) is 19.4. The molecule has 2 heterocycles. The lowest BCUT2D eigenvalue weighted by Crippen LogP contribution is -2.29. The first-order valence-corrected chi connectivity index (χ1v) is 10.4. The molecule has 0 fully saturated rings. The first kappa shape index (κ1) is 20.5. The van der Waals surface area contributed by atoms with Crippen LogP contribution >= 0.6 is 0 Å². The lowest BCUT2D eigenvalue weighted by atomic mass is 9.97. The van der Waals surface area contributed by atoms with Gasteiger partial charge in [-0.3, -0.25) is 14.7 Å². The van der Waals surface area contributed by atoms with Gasteiger partial charge in [-0.25, -0.2) is 4.79 Å². The van der Waals surface area contributed by atoms with Crippen LogP contribution in [0.25, 0.3) is 10.9 Å². The second-order valence-corrected chi connectivity index (χ2v) is 7.56. The highest BCUT2D eigenvalue weighted by Gasteiger charge is 2.19. The van der Waals surface area contributed by atoms with Gasteiger partial charge in [-0.1, -0.05) is 43.3 Å². The highest BCUT2D eigenvalue weighted by atomic mass is 16.4. The van der Waals surface area contributed by atoms with Gasteiger partial charge in [-0.15, -0.1) is 0 Å². The first-order chi connectivity index (χ1) is 15.1. The monoisotopic (exact) mass is 414 g/mol. The van der Waals surface area contributed by atoms with Gasteiger partial charge in [0.1, 0.15) is 0 Å². The Morgan fingerprint density at radius 1 is 1.10 bits per heavy atom. The number of aromatic nitrogens is 2. The van der Waals surface area contributed by atoms with Crippen molar-refractivity contribution in [3.63, 3.8) is 0 Å². The normalized spacial score (nSPS) is 11.9. The number of rotatable bonds is 7. The van der Waals surface area contributed by atoms with E-state index in [2.05, 4.69) is 52.2 Å². The molecular weight excluding hydrogens is 388 g/mol. The van der Waals surface area contributed by atoms with Gasteiger partial charge in [0.25, 0.3) is 0 Å². The van der Waals surface area contributed by atoms with Crippen molar-refractivity contribution in [2.24, 2.45) is 0 Å². The van der Waals surface area contributed by atoms with E-state index >= 15 is 0 Å². The summed E-state index contributed by atoms with van der Waals surface area (Å²) in [5, 5.41) is 15.4. The van der Waals surface area contributed by atoms with Crippen LogP contribution in [0.2, 0.25) is 0 Å². The number of nitrogens with zero attached hydrogens (tertiary/aromatic N) is 3. The molecule has 0 aliphatic rings. The topological polar surface area (TPSA) is 70.4 Å². The van der Waals surface area contributed by atoms with Gasteiger partial charge >= 0.3 is 6.09 Å². The van der Waals surface area contributed by atoms with E-state index in [4.69, 9.17) is 0 Å². The van der Waals surface area contributed by atoms with Gasteiger partial charge in [-0.05, 0) is 54.3 Å². The lowest BCUT2D eigenvalue weighted by molar-refractivity contribution is 0.191. The Morgan fingerprint density at radius 2 is 1.84 bits per heavy atom. The zero-order valence-electron chi connectivity index (χ0n) is 17.7. The predicted molar refractivity (Wildman–Crippen MR) is 123 cm³/mol. The summed E-state index contributed by atoms with van der Waals surface area (Å²) >= 11 is 0. The van der Waals surface area contributed by atoms with Crippen molar-refractivity contribution in [3.05, 3.63) is 95.9 Å². The molecule has 0 saturated carbocycles. The van der Waals surface area contributed by atoms with Crippen molar-refractivity contribution in [1.29, 1.82) is 0 Å². The number of hydrogen-bond acceptors (Lipinski definition) is 3. The standard InChI is InChI=1S/C25H26N4O2/c1-3-15-28(21-11-13-26-14-12-21)29-17-18(2)22-16-20(9-10-23(22)29)24(27-25(30)31)19-7-5-4-6-8-19/h4-14,16-17,24,27H,3,15H2,1-2H3,(H,30,31). The molecule has 1 atom stereocenters. The zero-order valence-corrected chi connectivity index (χ0v) is 17.7. The van der Waals surface area contributed by atoms with Gasteiger partial charge in [0, 0.05) is 30.5 Å². The fourth-order valence-electron chi connectivity index (χ4n) is 3.99. The number of hydrogen-bond donors (Lipinski definition) is 2. The predicted octanol–water partition coefficient (Wildman–Crippen LogP) is 5.38. The van der Waals surface area contributed by atoms with Crippen molar-refractivity contribution in [2.75, 3.05) is 11.6 Å². The van der Waals surface area contributed by atoms with Crippen LogP contribution in [0.15, 0.2) is 79.3 Å². The van der Waals surface area contributed by atoms with Gasteiger partial charge in [0.05, 0.1) is 17.2 Å². The number of pyridine rings is 1. The van der Waals surface area contributed by atoms with E-state index in [1.807, 2.05) is 48.5 Å². The van der Waals surface area contributed by atoms with E-state index in [1.165, 1.54) is 0 Å². The van der Waals surface area contributed by atoms with E-state index in [0.717, 1.165) is 46.2 Å². The third-order valence-corrected chi connectivity index (χ3v) is 5.40. The fraction of sp³-hybridized carbons (Fsp3) is 0.200. The number of benzene rings is 2. The van der Waals surface area contributed by atoms with Crippen LogP contribution in [0.3, 0.4) is 0 Å². The molecule has 0 aliphatic heterocycles. The number of amides is 1. The number of fused-ring (bicyclic) bond motifs is 1. The summed E-state index contributed by atoms with van der Waals surface area (Å²) in [4.78, 5) is 15.6. The molecule has 4 rings (SSSR count). The lowest BCUT2D eigenvalue weighted by Gasteiger charge is -2.26. The highest BCUT2D eigenvalue weighted by Crippen LogP contribution is 2.30. The third kappa shape index (κ3) is 4.23. The number of anilines is 1. The number of carboxylic acid groups (broad SMARTS) is 1. The zero-order chi connectivity index (χ0) is 21.8. The minimum Gasteiger partial charge on any atom is -0.465 e. The molecule has 0 radical (unpaired) electrons. The van der Waals surface area contributed by atoms with Crippen LogP contribution < -0.4 is 10.3 Å². The van der Waals surface area contributed by atoms with E-state index in [1.54, 1.807) is 12.4 Å². The molecular formula is C25H26N4O2. The summed E-state index contributed by atoms with van der Waals surface area (Å²) in [5.74, 6) is 0. The minimum atomic E-state index is -1.05. The van der Waals surface area contributed by atoms with Crippen molar-refractivity contribution in [1.82, 2.24) is 15.0 Å². The summed E-state index contributed by atoms with van der Waals surface area (Å²) in [7, 11) is 0. The number of aryl methyl sites for hydroxylation is 1. The third-order valence-electron chi connectivity index (χ3n) is 5.40. The van der Waals surface area contributed by atoms with Crippen molar-refractivity contribution >= 4 is 22.7 Å². The maximum atomic E-state index is 11.5. The second kappa shape index (κ2) is 8.92. The molecule has 158 valence electrons. The van der Waals surface area contributed by atoms with Gasteiger partial charge in [0.2, 0.25) is 0 Å². The van der Waals surface area contributed by atoms with E-state index in [0.29, 0.717) is 0 Å². The van der Waals surface area contributed by atoms with Crippen LogP contribution in [-0.2, 0) is 0 Å². The molecule has 0 saturated heterocycles. The maximum absolute atomic E-state index is 11.5. The van der Waals surface area contributed by atoms with Crippen LogP contribution in [0.1, 0.15) is 36.1 Å². The van der Waals surface area contributed by atoms with Crippen molar-refractivity contribution in [3.8, 4) is 0 Å². The Labute approximate surface area is 181 Å². The Bertz CT molecular complexity index is 1170. The summed E-state index contributed by atoms with van der Waals surface area (Å²) < 4.78 is 2.18. The van der Waals surface area contributed by atoms with E-state index in [9.17, 15) is 9.90 Å². The molecule has 1 amide bonds. The van der Waals surface area contributed by atoms with Crippen molar-refractivity contribution < 1.29 is 9.90 Å². The Balaban J connectivity index is 1.80. The fourth-order valence-corrected chi connectivity index (χ4v) is 3.99. The summed E-state index contributed by atoms with van der Waals surface area (Å²) in [6.45, 7) is 5.11. The molecule has 6 nitrogen and oxygen atoms in total. The molecule has 0 spiro atoms. The van der Waals surface area contributed by atoms with Crippen LogP contribution in [0.4, 0.5) is 10.5 Å². The Hall–Kier alpha value is -3.80. The smallest absolute Gasteiger partial charge is 0.405 e. The molecule has 1 unspecified atom stereocenters. The van der Waals surface area contributed by atoms with Crippen LogP contribution in [0, 0.1) is 6.92 Å². The molecule has 31 heavy (non-hydrogen) atoms. The molecule has 2 aromatic heterocycles. The van der Waals surface area contributed by atoms with E-state index < -0.39 is 12.1 Å². The average molecular weight is 415 g/mol. The van der Waals surface area contributed by atoms with Gasteiger partial charge in [0.15, 0.2) is 0 Å². The average Bonchev–Trinajstić information content (AvgIpc) is 3.12. The maximum Gasteiger partial charge on any atom is 0.405 e. The molecule has 2 N–H and O–H groups in total. The second-order valence-electron chi connectivity index (χ2n) is 7.56. The van der Waals surface area contributed by atoms with E-state index in [-0.39, 0.29) is 0 Å². The van der Waals surface area contributed by atoms with Gasteiger partial charge in [-0.2, -0.15) is 0 Å². The van der Waals surface area contributed by atoms with Crippen molar-refractivity contribution in [2.45, 2.75) is 26.3 Å². The molecule has 0 bridgehead atoms. The SMILES string of the molecule is CCCN(c1ccncc1)n1cc(C)c2cc(C(NC(=O)O)c3ccccc3)ccc21. The first-order valence-electron chi connectivity index (χ1n) is 10.4. The van der Waals surface area contributed by atoms with Crippen LogP contribution in [-0.4, -0.2) is 27.4 Å².